The van der Waals surface area contributed by atoms with Crippen molar-refractivity contribution in [2.45, 2.75) is 45.4 Å². The van der Waals surface area contributed by atoms with Crippen molar-refractivity contribution >= 4 is 52.3 Å². The van der Waals surface area contributed by atoms with Crippen molar-refractivity contribution in [3.05, 3.63) is 78.8 Å². The lowest BCUT2D eigenvalue weighted by molar-refractivity contribution is -0.117. The van der Waals surface area contributed by atoms with E-state index < -0.39 is 0 Å². The van der Waals surface area contributed by atoms with Crippen LogP contribution in [0.1, 0.15) is 43.7 Å². The Bertz CT molecular complexity index is 1010. The standard InChI is InChI=1S/C26H30Cl4N2O/c1-2-32-16-20(8-4-3-6-18-9-11-22(27)24(29)14-18)21(17-32)26(33)31-13-5-7-19-10-12-23(28)25(30)15-19/h9-12,14-15H,2-8,13,16-17H2,1H3,(H,31,33). The van der Waals surface area contributed by atoms with Crippen molar-refractivity contribution in [1.29, 1.82) is 0 Å². The van der Waals surface area contributed by atoms with Crippen molar-refractivity contribution in [2.24, 2.45) is 0 Å². The molecule has 0 saturated carbocycles. The van der Waals surface area contributed by atoms with Crippen LogP contribution in [0.5, 0.6) is 0 Å². The summed E-state index contributed by atoms with van der Waals surface area (Å²) in [6.07, 6.45) is 5.70. The minimum absolute atomic E-state index is 0.0690. The van der Waals surface area contributed by atoms with Gasteiger partial charge in [-0.25, -0.2) is 0 Å². The summed E-state index contributed by atoms with van der Waals surface area (Å²) in [6.45, 7) is 5.34. The van der Waals surface area contributed by atoms with Crippen LogP contribution in [0.3, 0.4) is 0 Å². The zero-order valence-corrected chi connectivity index (χ0v) is 21.9. The first kappa shape index (κ1) is 26.4. The van der Waals surface area contributed by atoms with Crippen LogP contribution in [0.4, 0.5) is 0 Å². The van der Waals surface area contributed by atoms with Gasteiger partial charge in [-0.2, -0.15) is 0 Å². The molecule has 1 aliphatic heterocycles. The van der Waals surface area contributed by atoms with Gasteiger partial charge in [-0.15, -0.1) is 0 Å². The van der Waals surface area contributed by atoms with Crippen LogP contribution in [-0.2, 0) is 17.6 Å². The Balaban J connectivity index is 1.47. The molecule has 3 nitrogen and oxygen atoms in total. The van der Waals surface area contributed by atoms with Gasteiger partial charge in [-0.05, 0) is 86.0 Å². The van der Waals surface area contributed by atoms with E-state index in [4.69, 9.17) is 46.4 Å². The molecule has 1 amide bonds. The van der Waals surface area contributed by atoms with Gasteiger partial charge in [0.15, 0.2) is 0 Å². The molecular weight excluding hydrogens is 498 g/mol. The monoisotopic (exact) mass is 526 g/mol. The molecule has 0 saturated heterocycles. The predicted molar refractivity (Wildman–Crippen MR) is 141 cm³/mol. The Morgan fingerprint density at radius 3 is 1.97 bits per heavy atom. The summed E-state index contributed by atoms with van der Waals surface area (Å²) in [7, 11) is 0. The number of nitrogens with zero attached hydrogens (tertiary/aromatic N) is 1. The fourth-order valence-corrected chi connectivity index (χ4v) is 4.74. The van der Waals surface area contributed by atoms with Crippen LogP contribution < -0.4 is 5.32 Å². The Labute approximate surface area is 217 Å². The zero-order valence-electron chi connectivity index (χ0n) is 18.9. The molecule has 0 fully saturated rings. The van der Waals surface area contributed by atoms with Crippen LogP contribution in [0.15, 0.2) is 47.5 Å². The van der Waals surface area contributed by atoms with Gasteiger partial charge >= 0.3 is 0 Å². The van der Waals surface area contributed by atoms with E-state index in [0.717, 1.165) is 69.3 Å². The Hall–Kier alpha value is -1.23. The summed E-state index contributed by atoms with van der Waals surface area (Å²) in [5, 5.41) is 5.43. The fraction of sp³-hybridized carbons (Fsp3) is 0.423. The molecule has 2 aromatic rings. The van der Waals surface area contributed by atoms with Crippen molar-refractivity contribution < 1.29 is 4.79 Å². The van der Waals surface area contributed by atoms with Crippen LogP contribution in [0.2, 0.25) is 20.1 Å². The van der Waals surface area contributed by atoms with E-state index in [-0.39, 0.29) is 5.91 Å². The first-order valence-electron chi connectivity index (χ1n) is 11.5. The zero-order chi connectivity index (χ0) is 23.8. The van der Waals surface area contributed by atoms with Crippen molar-refractivity contribution in [3.8, 4) is 0 Å². The Morgan fingerprint density at radius 1 is 0.818 bits per heavy atom. The highest BCUT2D eigenvalue weighted by atomic mass is 35.5. The Kier molecular flexibility index (Phi) is 10.4. The Morgan fingerprint density at radius 2 is 1.39 bits per heavy atom. The van der Waals surface area contributed by atoms with Crippen LogP contribution in [0, 0.1) is 0 Å². The third kappa shape index (κ3) is 7.90. The minimum Gasteiger partial charge on any atom is -0.352 e. The molecular formula is C26H30Cl4N2O. The second kappa shape index (κ2) is 13.0. The molecule has 0 radical (unpaired) electrons. The summed E-state index contributed by atoms with van der Waals surface area (Å²) in [6, 6.07) is 11.5. The van der Waals surface area contributed by atoms with Gasteiger partial charge in [0.2, 0.25) is 5.91 Å². The number of aryl methyl sites for hydroxylation is 2. The van der Waals surface area contributed by atoms with Gasteiger partial charge in [-0.3, -0.25) is 9.69 Å². The van der Waals surface area contributed by atoms with E-state index in [1.54, 1.807) is 0 Å². The third-order valence-corrected chi connectivity index (χ3v) is 7.51. The smallest absolute Gasteiger partial charge is 0.248 e. The summed E-state index contributed by atoms with van der Waals surface area (Å²) >= 11 is 24.2. The lowest BCUT2D eigenvalue weighted by Crippen LogP contribution is -2.29. The highest BCUT2D eigenvalue weighted by molar-refractivity contribution is 6.42. The molecule has 1 N–H and O–H groups in total. The molecule has 178 valence electrons. The molecule has 3 rings (SSSR count). The average molecular weight is 528 g/mol. The van der Waals surface area contributed by atoms with E-state index in [0.29, 0.717) is 26.6 Å². The van der Waals surface area contributed by atoms with Crippen molar-refractivity contribution in [2.75, 3.05) is 26.2 Å². The summed E-state index contributed by atoms with van der Waals surface area (Å²) in [5.41, 5.74) is 4.53. The number of carbonyl (C=O) groups excluding carboxylic acids is 1. The number of carbonyl (C=O) groups is 1. The topological polar surface area (TPSA) is 32.3 Å². The number of halogens is 4. The fourth-order valence-electron chi connectivity index (χ4n) is 4.10. The minimum atomic E-state index is 0.0690. The van der Waals surface area contributed by atoms with E-state index >= 15 is 0 Å². The molecule has 0 atom stereocenters. The van der Waals surface area contributed by atoms with Crippen LogP contribution >= 0.6 is 46.4 Å². The second-order valence-corrected chi connectivity index (χ2v) is 10.1. The number of rotatable bonds is 11. The maximum atomic E-state index is 12.9. The second-order valence-electron chi connectivity index (χ2n) is 8.45. The summed E-state index contributed by atoms with van der Waals surface area (Å²) < 4.78 is 0. The third-order valence-electron chi connectivity index (χ3n) is 6.03. The molecule has 1 aliphatic rings. The molecule has 1 heterocycles. The molecule has 33 heavy (non-hydrogen) atoms. The number of hydrogen-bond acceptors (Lipinski definition) is 2. The maximum absolute atomic E-state index is 12.9. The number of nitrogens with one attached hydrogen (secondary N) is 1. The predicted octanol–water partition coefficient (Wildman–Crippen LogP) is 7.39. The van der Waals surface area contributed by atoms with Gasteiger partial charge < -0.3 is 5.32 Å². The van der Waals surface area contributed by atoms with E-state index in [2.05, 4.69) is 17.1 Å². The van der Waals surface area contributed by atoms with E-state index in [1.165, 1.54) is 11.1 Å². The van der Waals surface area contributed by atoms with Gasteiger partial charge in [0, 0.05) is 25.2 Å². The number of unbranched alkanes of at least 4 members (excludes halogenated alkanes) is 1. The number of amides is 1. The lowest BCUT2D eigenvalue weighted by Gasteiger charge is -2.12. The molecule has 0 aromatic heterocycles. The number of benzene rings is 2. The quantitative estimate of drug-likeness (QED) is 0.309. The highest BCUT2D eigenvalue weighted by Crippen LogP contribution is 2.26. The number of hydrogen-bond donors (Lipinski definition) is 1. The summed E-state index contributed by atoms with van der Waals surface area (Å²) in [4.78, 5) is 15.2. The first-order chi connectivity index (χ1) is 15.9. The number of likely N-dealkylation sites (N-methyl/N-ethyl adjacent to an activating group) is 1. The average Bonchev–Trinajstić information content (AvgIpc) is 3.22. The molecule has 0 bridgehead atoms. The SMILES string of the molecule is CCN1CC(CCCCc2ccc(Cl)c(Cl)c2)=C(C(=O)NCCCc2ccc(Cl)c(Cl)c2)C1. The first-order valence-corrected chi connectivity index (χ1v) is 13.0. The van der Waals surface area contributed by atoms with Gasteiger partial charge in [0.1, 0.15) is 0 Å². The van der Waals surface area contributed by atoms with Gasteiger partial charge in [-0.1, -0.05) is 65.5 Å². The largest absolute Gasteiger partial charge is 0.352 e. The van der Waals surface area contributed by atoms with E-state index in [1.807, 2.05) is 36.4 Å². The molecule has 0 unspecified atom stereocenters. The normalized spacial score (nSPS) is 14.2. The summed E-state index contributed by atoms with van der Waals surface area (Å²) in [5.74, 6) is 0.0690. The van der Waals surface area contributed by atoms with E-state index in [9.17, 15) is 4.79 Å². The van der Waals surface area contributed by atoms with Crippen LogP contribution in [-0.4, -0.2) is 37.0 Å². The van der Waals surface area contributed by atoms with Crippen LogP contribution in [0.25, 0.3) is 0 Å². The molecule has 2 aromatic carbocycles. The molecule has 0 aliphatic carbocycles. The lowest BCUT2D eigenvalue weighted by atomic mass is 10.0. The van der Waals surface area contributed by atoms with Crippen molar-refractivity contribution in [3.63, 3.8) is 0 Å². The molecule has 7 heteroatoms. The van der Waals surface area contributed by atoms with Crippen molar-refractivity contribution in [1.82, 2.24) is 10.2 Å². The highest BCUT2D eigenvalue weighted by Gasteiger charge is 2.25. The van der Waals surface area contributed by atoms with Gasteiger partial charge in [0.25, 0.3) is 0 Å². The van der Waals surface area contributed by atoms with Gasteiger partial charge in [0.05, 0.1) is 20.1 Å². The molecule has 0 spiro atoms. The maximum Gasteiger partial charge on any atom is 0.248 e.